The van der Waals surface area contributed by atoms with Crippen molar-refractivity contribution in [1.82, 2.24) is 10.6 Å². The van der Waals surface area contributed by atoms with Crippen LogP contribution >= 0.6 is 23.5 Å². The predicted molar refractivity (Wildman–Crippen MR) is 72.2 cm³/mol. The summed E-state index contributed by atoms with van der Waals surface area (Å²) in [4.78, 5) is 12.0. The van der Waals surface area contributed by atoms with Crippen LogP contribution in [0.5, 0.6) is 0 Å². The lowest BCUT2D eigenvalue weighted by Crippen LogP contribution is -2.51. The highest BCUT2D eigenvalue weighted by atomic mass is 32.2. The van der Waals surface area contributed by atoms with E-state index < -0.39 is 0 Å². The first-order chi connectivity index (χ1) is 7.77. The molecule has 2 saturated heterocycles. The van der Waals surface area contributed by atoms with Crippen molar-refractivity contribution in [2.45, 2.75) is 24.6 Å². The lowest BCUT2D eigenvalue weighted by molar-refractivity contribution is -0.121. The van der Waals surface area contributed by atoms with Gasteiger partial charge in [-0.3, -0.25) is 4.79 Å². The Morgan fingerprint density at radius 3 is 3.00 bits per heavy atom. The fraction of sp³-hybridized carbons (Fsp3) is 0.909. The lowest BCUT2D eigenvalue weighted by atomic mass is 9.95. The molecule has 0 aromatic rings. The van der Waals surface area contributed by atoms with Gasteiger partial charge in [-0.15, -0.1) is 11.8 Å². The maximum Gasteiger partial charge on any atom is 0.234 e. The summed E-state index contributed by atoms with van der Waals surface area (Å²) in [6.07, 6.45) is 1.07. The molecule has 2 heterocycles. The Bertz CT molecular complexity index is 244. The summed E-state index contributed by atoms with van der Waals surface area (Å²) in [5.41, 5.74) is 0. The standard InChI is InChI=1S/C11H20N2OS2/c1-8-6-12-3-2-9(8)13-11(14)10-7-15-4-5-16-10/h8-10,12H,2-7H2,1H3,(H,13,14). The Balaban J connectivity index is 1.80. The number of nitrogens with one attached hydrogen (secondary N) is 2. The Morgan fingerprint density at radius 2 is 2.31 bits per heavy atom. The molecule has 0 radical (unpaired) electrons. The zero-order valence-electron chi connectivity index (χ0n) is 9.70. The summed E-state index contributed by atoms with van der Waals surface area (Å²) in [5.74, 6) is 4.10. The molecule has 92 valence electrons. The van der Waals surface area contributed by atoms with E-state index in [4.69, 9.17) is 0 Å². The lowest BCUT2D eigenvalue weighted by Gasteiger charge is -2.32. The van der Waals surface area contributed by atoms with Gasteiger partial charge in [-0.2, -0.15) is 11.8 Å². The highest BCUT2D eigenvalue weighted by Crippen LogP contribution is 2.24. The molecular formula is C11H20N2OS2. The van der Waals surface area contributed by atoms with Crippen LogP contribution in [0.2, 0.25) is 0 Å². The molecule has 3 nitrogen and oxygen atoms in total. The third kappa shape index (κ3) is 3.31. The van der Waals surface area contributed by atoms with E-state index in [0.29, 0.717) is 12.0 Å². The number of amides is 1. The normalized spacial score (nSPS) is 35.7. The van der Waals surface area contributed by atoms with Crippen LogP contribution < -0.4 is 10.6 Å². The zero-order chi connectivity index (χ0) is 11.4. The SMILES string of the molecule is CC1CNCCC1NC(=O)C1CSCCS1. The Kier molecular flexibility index (Phi) is 4.85. The second-order valence-corrected chi connectivity index (χ2v) is 6.98. The second kappa shape index (κ2) is 6.17. The summed E-state index contributed by atoms with van der Waals surface area (Å²) < 4.78 is 0. The Morgan fingerprint density at radius 1 is 1.44 bits per heavy atom. The number of hydrogen-bond donors (Lipinski definition) is 2. The largest absolute Gasteiger partial charge is 0.352 e. The van der Waals surface area contributed by atoms with Gasteiger partial charge in [0.2, 0.25) is 5.91 Å². The molecule has 16 heavy (non-hydrogen) atoms. The van der Waals surface area contributed by atoms with Crippen LogP contribution in [0, 0.1) is 5.92 Å². The summed E-state index contributed by atoms with van der Waals surface area (Å²) in [6, 6.07) is 0.376. The molecule has 3 unspecified atom stereocenters. The Hall–Kier alpha value is 0.130. The number of piperidine rings is 1. The number of hydrogen-bond acceptors (Lipinski definition) is 4. The molecule has 2 N–H and O–H groups in total. The predicted octanol–water partition coefficient (Wildman–Crippen LogP) is 0.949. The quantitative estimate of drug-likeness (QED) is 0.776. The van der Waals surface area contributed by atoms with E-state index in [0.717, 1.165) is 31.0 Å². The second-order valence-electron chi connectivity index (χ2n) is 4.52. The molecule has 0 aromatic heterocycles. The van der Waals surface area contributed by atoms with Crippen molar-refractivity contribution in [1.29, 1.82) is 0 Å². The highest BCUT2D eigenvalue weighted by Gasteiger charge is 2.27. The first-order valence-electron chi connectivity index (χ1n) is 5.98. The van der Waals surface area contributed by atoms with Gasteiger partial charge in [0, 0.05) is 23.3 Å². The van der Waals surface area contributed by atoms with Crippen molar-refractivity contribution in [3.8, 4) is 0 Å². The van der Waals surface area contributed by atoms with Crippen LogP contribution in [0.1, 0.15) is 13.3 Å². The maximum atomic E-state index is 12.0. The fourth-order valence-electron chi connectivity index (χ4n) is 2.14. The van der Waals surface area contributed by atoms with Gasteiger partial charge in [-0.1, -0.05) is 6.92 Å². The Labute approximate surface area is 106 Å². The van der Waals surface area contributed by atoms with Crippen molar-refractivity contribution in [3.05, 3.63) is 0 Å². The van der Waals surface area contributed by atoms with E-state index in [1.807, 2.05) is 23.5 Å². The van der Waals surface area contributed by atoms with E-state index in [-0.39, 0.29) is 11.2 Å². The zero-order valence-corrected chi connectivity index (χ0v) is 11.3. The summed E-state index contributed by atoms with van der Waals surface area (Å²) >= 11 is 3.71. The van der Waals surface area contributed by atoms with E-state index in [9.17, 15) is 4.79 Å². The van der Waals surface area contributed by atoms with E-state index in [1.165, 1.54) is 5.75 Å². The fourth-order valence-corrected chi connectivity index (χ4v) is 4.71. The third-order valence-electron chi connectivity index (χ3n) is 3.22. The van der Waals surface area contributed by atoms with E-state index in [1.54, 1.807) is 0 Å². The van der Waals surface area contributed by atoms with Crippen molar-refractivity contribution >= 4 is 29.4 Å². The van der Waals surface area contributed by atoms with Gasteiger partial charge in [0.1, 0.15) is 0 Å². The van der Waals surface area contributed by atoms with Crippen LogP contribution in [0.15, 0.2) is 0 Å². The van der Waals surface area contributed by atoms with Gasteiger partial charge in [-0.05, 0) is 25.4 Å². The number of thioether (sulfide) groups is 2. The first kappa shape index (κ1) is 12.6. The number of rotatable bonds is 2. The topological polar surface area (TPSA) is 41.1 Å². The summed E-state index contributed by atoms with van der Waals surface area (Å²) in [5, 5.41) is 6.76. The van der Waals surface area contributed by atoms with Crippen LogP contribution in [0.4, 0.5) is 0 Å². The van der Waals surface area contributed by atoms with Crippen LogP contribution in [-0.2, 0) is 4.79 Å². The van der Waals surface area contributed by atoms with Gasteiger partial charge in [0.05, 0.1) is 5.25 Å². The molecule has 0 aromatic carbocycles. The summed E-state index contributed by atoms with van der Waals surface area (Å²) in [7, 11) is 0. The minimum absolute atomic E-state index is 0.181. The number of carbonyl (C=O) groups is 1. The van der Waals surface area contributed by atoms with Crippen molar-refractivity contribution in [2.75, 3.05) is 30.3 Å². The highest BCUT2D eigenvalue weighted by molar-refractivity contribution is 8.07. The maximum absolute atomic E-state index is 12.0. The van der Waals surface area contributed by atoms with Gasteiger partial charge in [0.25, 0.3) is 0 Å². The molecule has 0 aliphatic carbocycles. The minimum Gasteiger partial charge on any atom is -0.352 e. The average Bonchev–Trinajstić information content (AvgIpc) is 2.33. The molecule has 2 aliphatic heterocycles. The molecule has 2 rings (SSSR count). The molecule has 0 saturated carbocycles. The van der Waals surface area contributed by atoms with Crippen LogP contribution in [0.3, 0.4) is 0 Å². The molecule has 2 fully saturated rings. The van der Waals surface area contributed by atoms with Crippen molar-refractivity contribution in [2.24, 2.45) is 5.92 Å². The average molecular weight is 260 g/mol. The van der Waals surface area contributed by atoms with Gasteiger partial charge >= 0.3 is 0 Å². The van der Waals surface area contributed by atoms with E-state index >= 15 is 0 Å². The molecule has 0 spiro atoms. The third-order valence-corrected chi connectivity index (χ3v) is 5.98. The molecule has 0 bridgehead atoms. The van der Waals surface area contributed by atoms with Crippen LogP contribution in [0.25, 0.3) is 0 Å². The number of carbonyl (C=O) groups excluding carboxylic acids is 1. The monoisotopic (exact) mass is 260 g/mol. The van der Waals surface area contributed by atoms with Gasteiger partial charge < -0.3 is 10.6 Å². The van der Waals surface area contributed by atoms with Crippen molar-refractivity contribution in [3.63, 3.8) is 0 Å². The van der Waals surface area contributed by atoms with Gasteiger partial charge in [0.15, 0.2) is 0 Å². The molecular weight excluding hydrogens is 240 g/mol. The summed E-state index contributed by atoms with van der Waals surface area (Å²) in [6.45, 7) is 4.26. The molecule has 5 heteroatoms. The molecule has 2 aliphatic rings. The van der Waals surface area contributed by atoms with Gasteiger partial charge in [-0.25, -0.2) is 0 Å². The van der Waals surface area contributed by atoms with E-state index in [2.05, 4.69) is 17.6 Å². The first-order valence-corrected chi connectivity index (χ1v) is 8.18. The van der Waals surface area contributed by atoms with Crippen LogP contribution in [-0.4, -0.2) is 47.5 Å². The molecule has 3 atom stereocenters. The molecule has 1 amide bonds. The smallest absolute Gasteiger partial charge is 0.234 e. The van der Waals surface area contributed by atoms with Crippen molar-refractivity contribution < 1.29 is 4.79 Å². The minimum atomic E-state index is 0.181.